The van der Waals surface area contributed by atoms with E-state index >= 15 is 0 Å². The Morgan fingerprint density at radius 2 is 1.70 bits per heavy atom. The number of methoxy groups -OCH3 is 1. The molecule has 0 aromatic heterocycles. The molecule has 33 heavy (non-hydrogen) atoms. The van der Waals surface area contributed by atoms with Gasteiger partial charge in [0.2, 0.25) is 15.9 Å². The molecule has 0 spiro atoms. The van der Waals surface area contributed by atoms with Gasteiger partial charge in [-0.25, -0.2) is 8.42 Å². The van der Waals surface area contributed by atoms with Crippen molar-refractivity contribution in [2.24, 2.45) is 0 Å². The molecule has 0 aliphatic carbocycles. The van der Waals surface area contributed by atoms with E-state index in [2.05, 4.69) is 10.0 Å². The van der Waals surface area contributed by atoms with E-state index < -0.39 is 22.0 Å². The highest BCUT2D eigenvalue weighted by atomic mass is 35.5. The van der Waals surface area contributed by atoms with Gasteiger partial charge in [0.25, 0.3) is 0 Å². The number of nitrogens with one attached hydrogen (secondary N) is 2. The first-order valence-corrected chi connectivity index (χ1v) is 12.3. The largest absolute Gasteiger partial charge is 0.496 e. The summed E-state index contributed by atoms with van der Waals surface area (Å²) in [5.74, 6) is 0.166. The van der Waals surface area contributed by atoms with E-state index in [1.165, 1.54) is 19.2 Å². The number of halogens is 1. The molecule has 0 saturated heterocycles. The van der Waals surface area contributed by atoms with Gasteiger partial charge in [0.1, 0.15) is 11.8 Å². The first-order chi connectivity index (χ1) is 15.7. The van der Waals surface area contributed by atoms with Crippen LogP contribution < -0.4 is 14.8 Å². The quantitative estimate of drug-likeness (QED) is 0.468. The molecule has 0 aliphatic rings. The van der Waals surface area contributed by atoms with Gasteiger partial charge in [0.05, 0.1) is 18.0 Å². The monoisotopic (exact) mass is 486 g/mol. The number of rotatable bonds is 9. The Bertz CT molecular complexity index is 1200. The number of hydrogen-bond donors (Lipinski definition) is 2. The summed E-state index contributed by atoms with van der Waals surface area (Å²) in [7, 11) is -2.44. The molecule has 174 valence electrons. The minimum atomic E-state index is -3.96. The lowest BCUT2D eigenvalue weighted by atomic mass is 10.0. The van der Waals surface area contributed by atoms with Crippen LogP contribution >= 0.6 is 11.6 Å². The second-order valence-corrected chi connectivity index (χ2v) is 9.93. The van der Waals surface area contributed by atoms with Crippen LogP contribution in [0.1, 0.15) is 29.7 Å². The number of ether oxygens (including phenoxy) is 1. The third kappa shape index (κ3) is 6.57. The first-order valence-electron chi connectivity index (χ1n) is 10.5. The van der Waals surface area contributed by atoms with Crippen molar-refractivity contribution in [3.63, 3.8) is 0 Å². The molecule has 0 aliphatic heterocycles. The average Bonchev–Trinajstić information content (AvgIpc) is 2.79. The number of carbonyl (C=O) groups excluding carboxylic acids is 1. The molecule has 6 nitrogen and oxygen atoms in total. The van der Waals surface area contributed by atoms with Gasteiger partial charge in [-0.1, -0.05) is 54.1 Å². The van der Waals surface area contributed by atoms with Crippen LogP contribution in [0.2, 0.25) is 5.02 Å². The fourth-order valence-corrected chi connectivity index (χ4v) is 4.87. The summed E-state index contributed by atoms with van der Waals surface area (Å²) in [6.45, 7) is 3.60. The summed E-state index contributed by atoms with van der Waals surface area (Å²) in [6.07, 6.45) is 0.203. The molecule has 2 atom stereocenters. The lowest BCUT2D eigenvalue weighted by molar-refractivity contribution is -0.123. The summed E-state index contributed by atoms with van der Waals surface area (Å²) < 4.78 is 34.1. The van der Waals surface area contributed by atoms with Gasteiger partial charge >= 0.3 is 0 Å². The van der Waals surface area contributed by atoms with Crippen molar-refractivity contribution < 1.29 is 17.9 Å². The summed E-state index contributed by atoms with van der Waals surface area (Å²) in [5, 5.41) is 3.51. The van der Waals surface area contributed by atoms with Crippen molar-refractivity contribution in [2.75, 3.05) is 7.11 Å². The van der Waals surface area contributed by atoms with Gasteiger partial charge in [-0.2, -0.15) is 4.72 Å². The molecule has 3 aromatic rings. The van der Waals surface area contributed by atoms with E-state index in [0.717, 1.165) is 11.1 Å². The van der Waals surface area contributed by atoms with Crippen molar-refractivity contribution in [3.8, 4) is 5.75 Å². The predicted molar refractivity (Wildman–Crippen MR) is 130 cm³/mol. The van der Waals surface area contributed by atoms with Gasteiger partial charge in [-0.05, 0) is 67.3 Å². The Morgan fingerprint density at radius 1 is 1.03 bits per heavy atom. The van der Waals surface area contributed by atoms with E-state index in [1.807, 2.05) is 49.4 Å². The zero-order chi connectivity index (χ0) is 24.0. The zero-order valence-electron chi connectivity index (χ0n) is 18.7. The molecule has 1 amide bonds. The molecule has 0 unspecified atom stereocenters. The van der Waals surface area contributed by atoms with E-state index in [1.54, 1.807) is 25.1 Å². The lowest BCUT2D eigenvalue weighted by Gasteiger charge is -2.22. The van der Waals surface area contributed by atoms with Crippen molar-refractivity contribution >= 4 is 27.5 Å². The predicted octanol–water partition coefficient (Wildman–Crippen LogP) is 4.42. The maximum Gasteiger partial charge on any atom is 0.241 e. The Balaban J connectivity index is 1.84. The van der Waals surface area contributed by atoms with Crippen LogP contribution in [-0.2, 0) is 21.2 Å². The van der Waals surface area contributed by atoms with Gasteiger partial charge in [0.15, 0.2) is 0 Å². The topological polar surface area (TPSA) is 84.5 Å². The molecule has 0 saturated carbocycles. The van der Waals surface area contributed by atoms with Crippen LogP contribution in [-0.4, -0.2) is 27.5 Å². The van der Waals surface area contributed by atoms with Crippen molar-refractivity contribution in [1.82, 2.24) is 10.0 Å². The van der Waals surface area contributed by atoms with Crippen molar-refractivity contribution in [3.05, 3.63) is 94.5 Å². The van der Waals surface area contributed by atoms with Crippen LogP contribution in [0.3, 0.4) is 0 Å². The molecule has 0 fully saturated rings. The van der Waals surface area contributed by atoms with Gasteiger partial charge in [-0.3, -0.25) is 4.79 Å². The summed E-state index contributed by atoms with van der Waals surface area (Å²) in [6, 6.07) is 19.7. The van der Waals surface area contributed by atoms with Gasteiger partial charge in [-0.15, -0.1) is 0 Å². The second-order valence-electron chi connectivity index (χ2n) is 7.78. The fourth-order valence-electron chi connectivity index (χ4n) is 3.46. The highest BCUT2D eigenvalue weighted by Gasteiger charge is 2.27. The third-order valence-corrected chi connectivity index (χ3v) is 7.02. The normalized spacial score (nSPS) is 13.2. The number of sulfonamides is 1. The number of aryl methyl sites for hydroxylation is 1. The minimum absolute atomic E-state index is 0.0670. The van der Waals surface area contributed by atoms with Crippen molar-refractivity contribution in [2.45, 2.75) is 37.2 Å². The minimum Gasteiger partial charge on any atom is -0.496 e. The molecule has 3 rings (SSSR count). The highest BCUT2D eigenvalue weighted by molar-refractivity contribution is 7.89. The van der Waals surface area contributed by atoms with Crippen molar-refractivity contribution in [1.29, 1.82) is 0 Å². The number of amides is 1. The highest BCUT2D eigenvalue weighted by Crippen LogP contribution is 2.22. The second kappa shape index (κ2) is 10.8. The maximum absolute atomic E-state index is 13.2. The number of benzene rings is 3. The molecule has 0 heterocycles. The SMILES string of the molecule is COc1ccc(S(=O)(=O)N[C@@H](Cc2ccccc2)C(=O)N[C@H](C)c2ccc(Cl)cc2)cc1C. The Hall–Kier alpha value is -2.87. The Kier molecular flexibility index (Phi) is 8.13. The van der Waals surface area contributed by atoms with Crippen LogP contribution in [0, 0.1) is 6.92 Å². The molecule has 8 heteroatoms. The van der Waals surface area contributed by atoms with Crippen LogP contribution in [0.4, 0.5) is 0 Å². The zero-order valence-corrected chi connectivity index (χ0v) is 20.3. The molecule has 0 radical (unpaired) electrons. The fraction of sp³-hybridized carbons (Fsp3) is 0.240. The molecular formula is C25H27ClN2O4S. The number of hydrogen-bond acceptors (Lipinski definition) is 4. The van der Waals surface area contributed by atoms with Crippen LogP contribution in [0.25, 0.3) is 0 Å². The molecular weight excluding hydrogens is 460 g/mol. The summed E-state index contributed by atoms with van der Waals surface area (Å²) in [4.78, 5) is 13.3. The number of carbonyl (C=O) groups is 1. The third-order valence-electron chi connectivity index (χ3n) is 5.30. The Labute approximate surface area is 200 Å². The van der Waals surface area contributed by atoms with Gasteiger partial charge < -0.3 is 10.1 Å². The van der Waals surface area contributed by atoms with Crippen LogP contribution in [0.15, 0.2) is 77.7 Å². The first kappa shape index (κ1) is 24.8. The lowest BCUT2D eigenvalue weighted by Crippen LogP contribution is -2.48. The molecule has 0 bridgehead atoms. The molecule has 2 N–H and O–H groups in total. The van der Waals surface area contributed by atoms with Crippen LogP contribution in [0.5, 0.6) is 5.75 Å². The smallest absolute Gasteiger partial charge is 0.241 e. The van der Waals surface area contributed by atoms with E-state index in [9.17, 15) is 13.2 Å². The molecule has 3 aromatic carbocycles. The maximum atomic E-state index is 13.2. The summed E-state index contributed by atoms with van der Waals surface area (Å²) >= 11 is 5.95. The standard InChI is InChI=1S/C25H27ClN2O4S/c1-17-15-22(13-14-24(17)32-3)33(30,31)28-23(16-19-7-5-4-6-8-19)25(29)27-18(2)20-9-11-21(26)12-10-20/h4-15,18,23,28H,16H2,1-3H3,(H,27,29)/t18-,23+/m1/s1. The van der Waals surface area contributed by atoms with Gasteiger partial charge in [0, 0.05) is 5.02 Å². The Morgan fingerprint density at radius 3 is 2.30 bits per heavy atom. The summed E-state index contributed by atoms with van der Waals surface area (Å²) in [5.41, 5.74) is 2.38. The average molecular weight is 487 g/mol. The van der Waals surface area contributed by atoms with E-state index in [0.29, 0.717) is 16.3 Å². The van der Waals surface area contributed by atoms with E-state index in [4.69, 9.17) is 16.3 Å². The van der Waals surface area contributed by atoms with E-state index in [-0.39, 0.29) is 17.4 Å².